The van der Waals surface area contributed by atoms with Gasteiger partial charge in [0.1, 0.15) is 0 Å². The summed E-state index contributed by atoms with van der Waals surface area (Å²) in [6, 6.07) is 3.57. The van der Waals surface area contributed by atoms with E-state index in [0.717, 1.165) is 11.1 Å². The van der Waals surface area contributed by atoms with Crippen LogP contribution in [0, 0.1) is 12.8 Å². The van der Waals surface area contributed by atoms with E-state index in [4.69, 9.17) is 22.4 Å². The van der Waals surface area contributed by atoms with Crippen molar-refractivity contribution < 1.29 is 9.90 Å². The van der Waals surface area contributed by atoms with Crippen LogP contribution in [-0.2, 0) is 11.2 Å². The lowest BCUT2D eigenvalue weighted by molar-refractivity contribution is -0.141. The summed E-state index contributed by atoms with van der Waals surface area (Å²) in [5.74, 6) is -1.28. The molecule has 82 valence electrons. The molecular formula is C11H14ClNO2. The number of anilines is 1. The van der Waals surface area contributed by atoms with Gasteiger partial charge in [0.05, 0.1) is 16.6 Å². The van der Waals surface area contributed by atoms with Crippen LogP contribution in [0.25, 0.3) is 0 Å². The Balaban J connectivity index is 3.03. The molecule has 3 N–H and O–H groups in total. The molecule has 4 heteroatoms. The van der Waals surface area contributed by atoms with Crippen LogP contribution < -0.4 is 5.73 Å². The minimum absolute atomic E-state index is 0.410. The summed E-state index contributed by atoms with van der Waals surface area (Å²) in [6.45, 7) is 3.55. The Bertz CT molecular complexity index is 390. The number of benzene rings is 1. The summed E-state index contributed by atoms with van der Waals surface area (Å²) in [4.78, 5) is 10.7. The van der Waals surface area contributed by atoms with Crippen molar-refractivity contribution in [2.24, 2.45) is 5.92 Å². The molecule has 0 radical (unpaired) electrons. The Morgan fingerprint density at radius 3 is 2.73 bits per heavy atom. The molecule has 0 aliphatic rings. The van der Waals surface area contributed by atoms with Gasteiger partial charge in [0.2, 0.25) is 0 Å². The fraction of sp³-hybridized carbons (Fsp3) is 0.364. The third-order valence-electron chi connectivity index (χ3n) is 2.47. The zero-order valence-electron chi connectivity index (χ0n) is 8.75. The van der Waals surface area contributed by atoms with Gasteiger partial charge >= 0.3 is 5.97 Å². The lowest BCUT2D eigenvalue weighted by Crippen LogP contribution is -2.14. The van der Waals surface area contributed by atoms with E-state index < -0.39 is 11.9 Å². The summed E-state index contributed by atoms with van der Waals surface area (Å²) < 4.78 is 0. The number of hydrogen-bond donors (Lipinski definition) is 2. The van der Waals surface area contributed by atoms with E-state index in [9.17, 15) is 4.79 Å². The van der Waals surface area contributed by atoms with E-state index in [-0.39, 0.29) is 0 Å². The second-order valence-electron chi connectivity index (χ2n) is 3.70. The van der Waals surface area contributed by atoms with Gasteiger partial charge in [0, 0.05) is 0 Å². The lowest BCUT2D eigenvalue weighted by Gasteiger charge is -2.13. The third kappa shape index (κ3) is 2.63. The van der Waals surface area contributed by atoms with Crippen LogP contribution in [0.5, 0.6) is 0 Å². The molecule has 0 bridgehead atoms. The molecule has 1 aromatic rings. The number of nitrogens with two attached hydrogens (primary N) is 1. The maximum atomic E-state index is 10.7. The average molecular weight is 228 g/mol. The van der Waals surface area contributed by atoms with Crippen molar-refractivity contribution >= 4 is 23.3 Å². The number of carboxylic acid groups (broad SMARTS) is 1. The largest absolute Gasteiger partial charge is 0.481 e. The fourth-order valence-electron chi connectivity index (χ4n) is 1.41. The molecule has 0 saturated heterocycles. The highest BCUT2D eigenvalue weighted by Crippen LogP contribution is 2.27. The van der Waals surface area contributed by atoms with Gasteiger partial charge in [-0.15, -0.1) is 0 Å². The minimum Gasteiger partial charge on any atom is -0.481 e. The quantitative estimate of drug-likeness (QED) is 0.780. The molecule has 0 aromatic heterocycles. The van der Waals surface area contributed by atoms with Crippen LogP contribution in [-0.4, -0.2) is 11.1 Å². The number of halogens is 1. The highest BCUT2D eigenvalue weighted by molar-refractivity contribution is 6.33. The highest BCUT2D eigenvalue weighted by Gasteiger charge is 2.16. The van der Waals surface area contributed by atoms with Gasteiger partial charge in [0.15, 0.2) is 0 Å². The molecule has 0 aliphatic carbocycles. The van der Waals surface area contributed by atoms with Crippen molar-refractivity contribution in [2.45, 2.75) is 20.3 Å². The Morgan fingerprint density at radius 2 is 2.20 bits per heavy atom. The number of carboxylic acids is 1. The van der Waals surface area contributed by atoms with E-state index in [1.54, 1.807) is 13.0 Å². The van der Waals surface area contributed by atoms with Crippen molar-refractivity contribution in [3.8, 4) is 0 Å². The summed E-state index contributed by atoms with van der Waals surface area (Å²) in [6.07, 6.45) is 0.410. The topological polar surface area (TPSA) is 63.3 Å². The Kier molecular flexibility index (Phi) is 3.58. The van der Waals surface area contributed by atoms with Crippen molar-refractivity contribution in [2.75, 3.05) is 5.73 Å². The molecule has 1 aromatic carbocycles. The maximum Gasteiger partial charge on any atom is 0.306 e. The summed E-state index contributed by atoms with van der Waals surface area (Å²) >= 11 is 5.88. The van der Waals surface area contributed by atoms with Crippen LogP contribution in [0.4, 0.5) is 5.69 Å². The van der Waals surface area contributed by atoms with Gasteiger partial charge in [-0.2, -0.15) is 0 Å². The van der Waals surface area contributed by atoms with Crippen LogP contribution in [0.15, 0.2) is 12.1 Å². The molecule has 3 nitrogen and oxygen atoms in total. The van der Waals surface area contributed by atoms with Gasteiger partial charge in [-0.05, 0) is 30.5 Å². The van der Waals surface area contributed by atoms with Crippen LogP contribution in [0.2, 0.25) is 5.02 Å². The SMILES string of the molecule is Cc1ccc(Cl)c(N)c1CC(C)C(=O)O. The number of aliphatic carboxylic acids is 1. The first-order chi connectivity index (χ1) is 6.93. The summed E-state index contributed by atoms with van der Waals surface area (Å²) in [7, 11) is 0. The molecule has 0 aliphatic heterocycles. The van der Waals surface area contributed by atoms with Gasteiger partial charge in [-0.25, -0.2) is 0 Å². The zero-order chi connectivity index (χ0) is 11.6. The zero-order valence-corrected chi connectivity index (χ0v) is 9.51. The predicted octanol–water partition coefficient (Wildman–Crippen LogP) is 2.49. The van der Waals surface area contributed by atoms with Crippen molar-refractivity contribution in [1.29, 1.82) is 0 Å². The maximum absolute atomic E-state index is 10.7. The normalized spacial score (nSPS) is 12.5. The minimum atomic E-state index is -0.825. The van der Waals surface area contributed by atoms with E-state index >= 15 is 0 Å². The first-order valence-electron chi connectivity index (χ1n) is 4.69. The summed E-state index contributed by atoms with van der Waals surface area (Å²) in [5.41, 5.74) is 8.11. The Morgan fingerprint density at radius 1 is 1.60 bits per heavy atom. The van der Waals surface area contributed by atoms with E-state index in [0.29, 0.717) is 17.1 Å². The van der Waals surface area contributed by atoms with Crippen molar-refractivity contribution in [3.63, 3.8) is 0 Å². The number of carbonyl (C=O) groups is 1. The molecule has 0 spiro atoms. The van der Waals surface area contributed by atoms with E-state index in [2.05, 4.69) is 0 Å². The average Bonchev–Trinajstić information content (AvgIpc) is 2.18. The number of nitrogen functional groups attached to an aromatic ring is 1. The number of rotatable bonds is 3. The summed E-state index contributed by atoms with van der Waals surface area (Å²) in [5, 5.41) is 9.30. The molecule has 1 atom stereocenters. The second-order valence-corrected chi connectivity index (χ2v) is 4.11. The van der Waals surface area contributed by atoms with Crippen LogP contribution in [0.1, 0.15) is 18.1 Å². The second kappa shape index (κ2) is 4.53. The van der Waals surface area contributed by atoms with Gasteiger partial charge in [0.25, 0.3) is 0 Å². The van der Waals surface area contributed by atoms with Gasteiger partial charge in [-0.3, -0.25) is 4.79 Å². The van der Waals surface area contributed by atoms with Crippen LogP contribution in [0.3, 0.4) is 0 Å². The van der Waals surface area contributed by atoms with E-state index in [1.807, 2.05) is 13.0 Å². The first-order valence-corrected chi connectivity index (χ1v) is 5.07. The molecule has 0 fully saturated rings. The molecular weight excluding hydrogens is 214 g/mol. The van der Waals surface area contributed by atoms with Crippen molar-refractivity contribution in [1.82, 2.24) is 0 Å². The standard InChI is InChI=1S/C11H14ClNO2/c1-6-3-4-9(12)10(13)8(6)5-7(2)11(14)15/h3-4,7H,5,13H2,1-2H3,(H,14,15). The molecule has 0 amide bonds. The molecule has 15 heavy (non-hydrogen) atoms. The lowest BCUT2D eigenvalue weighted by atomic mass is 9.96. The number of hydrogen-bond acceptors (Lipinski definition) is 2. The van der Waals surface area contributed by atoms with Gasteiger partial charge < -0.3 is 10.8 Å². The molecule has 0 saturated carbocycles. The monoisotopic (exact) mass is 227 g/mol. The fourth-order valence-corrected chi connectivity index (χ4v) is 1.59. The van der Waals surface area contributed by atoms with E-state index in [1.165, 1.54) is 0 Å². The highest BCUT2D eigenvalue weighted by atomic mass is 35.5. The molecule has 1 rings (SSSR count). The molecule has 0 heterocycles. The Hall–Kier alpha value is -1.22. The van der Waals surface area contributed by atoms with Gasteiger partial charge in [-0.1, -0.05) is 24.6 Å². The smallest absolute Gasteiger partial charge is 0.306 e. The first kappa shape index (κ1) is 11.9. The van der Waals surface area contributed by atoms with Crippen LogP contribution >= 0.6 is 11.6 Å². The Labute approximate surface area is 93.9 Å². The molecule has 1 unspecified atom stereocenters. The predicted molar refractivity (Wildman–Crippen MR) is 61.1 cm³/mol. The number of aryl methyl sites for hydroxylation is 1. The third-order valence-corrected chi connectivity index (χ3v) is 2.80. The van der Waals surface area contributed by atoms with Crippen molar-refractivity contribution in [3.05, 3.63) is 28.3 Å².